The Labute approximate surface area is 138 Å². The molecule has 1 N–H and O–H groups in total. The van der Waals surface area contributed by atoms with Crippen LogP contribution in [0.1, 0.15) is 15.9 Å². The highest BCUT2D eigenvalue weighted by molar-refractivity contribution is 7.98. The van der Waals surface area contributed by atoms with Crippen molar-refractivity contribution < 1.29 is 18.3 Å². The van der Waals surface area contributed by atoms with Crippen molar-refractivity contribution in [2.75, 3.05) is 12.3 Å². The van der Waals surface area contributed by atoms with Gasteiger partial charge in [0.2, 0.25) is 0 Å². The summed E-state index contributed by atoms with van der Waals surface area (Å²) in [4.78, 5) is 11.9. The van der Waals surface area contributed by atoms with Crippen LogP contribution < -0.4 is 10.1 Å². The SMILES string of the molecule is O=C(NCCSCc1ccccc1)c1ccc(OC(F)F)cc1. The summed E-state index contributed by atoms with van der Waals surface area (Å²) < 4.78 is 28.3. The molecule has 0 saturated carbocycles. The molecule has 0 heterocycles. The Morgan fingerprint density at radius 2 is 1.78 bits per heavy atom. The second-order valence-electron chi connectivity index (χ2n) is 4.70. The fourth-order valence-electron chi connectivity index (χ4n) is 1.89. The van der Waals surface area contributed by atoms with Crippen LogP contribution in [0.15, 0.2) is 54.6 Å². The zero-order valence-electron chi connectivity index (χ0n) is 12.4. The van der Waals surface area contributed by atoms with Crippen molar-refractivity contribution in [3.63, 3.8) is 0 Å². The Morgan fingerprint density at radius 3 is 2.43 bits per heavy atom. The number of hydrogen-bond acceptors (Lipinski definition) is 3. The first-order chi connectivity index (χ1) is 11.1. The second kappa shape index (κ2) is 9.15. The van der Waals surface area contributed by atoms with Gasteiger partial charge in [-0.1, -0.05) is 30.3 Å². The standard InChI is InChI=1S/C17H17F2NO2S/c18-17(19)22-15-8-6-14(7-9-15)16(21)20-10-11-23-12-13-4-2-1-3-5-13/h1-9,17H,10-12H2,(H,20,21). The molecule has 0 saturated heterocycles. The predicted molar refractivity (Wildman–Crippen MR) is 88.0 cm³/mol. The summed E-state index contributed by atoms with van der Waals surface area (Å²) >= 11 is 1.73. The normalized spacial score (nSPS) is 10.6. The molecule has 0 fully saturated rings. The molecule has 0 spiro atoms. The van der Waals surface area contributed by atoms with Crippen molar-refractivity contribution in [3.8, 4) is 5.75 Å². The van der Waals surface area contributed by atoms with Gasteiger partial charge in [-0.3, -0.25) is 4.79 Å². The monoisotopic (exact) mass is 337 g/mol. The summed E-state index contributed by atoms with van der Waals surface area (Å²) in [5, 5.41) is 2.80. The van der Waals surface area contributed by atoms with E-state index in [0.717, 1.165) is 11.5 Å². The number of alkyl halides is 2. The maximum Gasteiger partial charge on any atom is 0.387 e. The third kappa shape index (κ3) is 6.28. The van der Waals surface area contributed by atoms with E-state index in [2.05, 4.69) is 22.2 Å². The van der Waals surface area contributed by atoms with E-state index >= 15 is 0 Å². The number of benzene rings is 2. The molecule has 0 aliphatic carbocycles. The molecule has 0 aliphatic heterocycles. The van der Waals surface area contributed by atoms with Crippen LogP contribution in [0.25, 0.3) is 0 Å². The molecular weight excluding hydrogens is 320 g/mol. The summed E-state index contributed by atoms with van der Waals surface area (Å²) in [6, 6.07) is 15.7. The molecule has 0 bridgehead atoms. The number of halogens is 2. The molecular formula is C17H17F2NO2S. The van der Waals surface area contributed by atoms with Gasteiger partial charge in [0, 0.05) is 23.6 Å². The molecule has 0 unspecified atom stereocenters. The summed E-state index contributed by atoms with van der Waals surface area (Å²) in [6.45, 7) is -2.32. The van der Waals surface area contributed by atoms with Gasteiger partial charge in [0.1, 0.15) is 5.75 Å². The van der Waals surface area contributed by atoms with Gasteiger partial charge in [-0.25, -0.2) is 0 Å². The minimum atomic E-state index is -2.86. The summed E-state index contributed by atoms with van der Waals surface area (Å²) in [5.74, 6) is 1.51. The smallest absolute Gasteiger partial charge is 0.387 e. The molecule has 23 heavy (non-hydrogen) atoms. The van der Waals surface area contributed by atoms with Crippen molar-refractivity contribution in [2.45, 2.75) is 12.4 Å². The predicted octanol–water partition coefficient (Wildman–Crippen LogP) is 3.95. The summed E-state index contributed by atoms with van der Waals surface area (Å²) in [5.41, 5.74) is 1.66. The first-order valence-electron chi connectivity index (χ1n) is 7.10. The number of carbonyl (C=O) groups excluding carboxylic acids is 1. The number of nitrogens with one attached hydrogen (secondary N) is 1. The van der Waals surface area contributed by atoms with E-state index in [1.54, 1.807) is 11.8 Å². The Balaban J connectivity index is 1.68. The maximum atomic E-state index is 12.0. The minimum Gasteiger partial charge on any atom is -0.435 e. The molecule has 0 atom stereocenters. The van der Waals surface area contributed by atoms with E-state index in [0.29, 0.717) is 12.1 Å². The molecule has 2 aromatic rings. The van der Waals surface area contributed by atoms with E-state index in [9.17, 15) is 13.6 Å². The molecule has 6 heteroatoms. The fraction of sp³-hybridized carbons (Fsp3) is 0.235. The quantitative estimate of drug-likeness (QED) is 0.741. The lowest BCUT2D eigenvalue weighted by Crippen LogP contribution is -2.25. The molecule has 0 radical (unpaired) electrons. The van der Waals surface area contributed by atoms with Crippen molar-refractivity contribution in [1.29, 1.82) is 0 Å². The van der Waals surface area contributed by atoms with Crippen molar-refractivity contribution in [3.05, 3.63) is 65.7 Å². The lowest BCUT2D eigenvalue weighted by atomic mass is 10.2. The fourth-order valence-corrected chi connectivity index (χ4v) is 2.71. The van der Waals surface area contributed by atoms with Crippen LogP contribution >= 0.6 is 11.8 Å². The Kier molecular flexibility index (Phi) is 6.87. The third-order valence-electron chi connectivity index (χ3n) is 2.99. The van der Waals surface area contributed by atoms with Crippen LogP contribution in [0.2, 0.25) is 0 Å². The minimum absolute atomic E-state index is 0.0370. The maximum absolute atomic E-state index is 12.0. The molecule has 0 aliphatic rings. The first kappa shape index (κ1) is 17.3. The highest BCUT2D eigenvalue weighted by atomic mass is 32.2. The lowest BCUT2D eigenvalue weighted by molar-refractivity contribution is -0.0498. The van der Waals surface area contributed by atoms with Crippen LogP contribution in [0.5, 0.6) is 5.75 Å². The first-order valence-corrected chi connectivity index (χ1v) is 8.25. The molecule has 122 valence electrons. The van der Waals surface area contributed by atoms with Gasteiger partial charge in [0.05, 0.1) is 0 Å². The molecule has 1 amide bonds. The lowest BCUT2D eigenvalue weighted by Gasteiger charge is -2.07. The molecule has 2 aromatic carbocycles. The average molecular weight is 337 g/mol. The molecule has 3 nitrogen and oxygen atoms in total. The highest BCUT2D eigenvalue weighted by Gasteiger charge is 2.07. The van der Waals surface area contributed by atoms with E-state index in [1.165, 1.54) is 29.8 Å². The molecule has 2 rings (SSSR count). The third-order valence-corrected chi connectivity index (χ3v) is 4.02. The average Bonchev–Trinajstić information content (AvgIpc) is 2.55. The van der Waals surface area contributed by atoms with Gasteiger partial charge in [0.15, 0.2) is 0 Å². The van der Waals surface area contributed by atoms with Gasteiger partial charge in [-0.15, -0.1) is 0 Å². The van der Waals surface area contributed by atoms with Crippen LogP contribution in [0.4, 0.5) is 8.78 Å². The Hall–Kier alpha value is -2.08. The van der Waals surface area contributed by atoms with Crippen LogP contribution in [-0.4, -0.2) is 24.8 Å². The summed E-state index contributed by atoms with van der Waals surface area (Å²) in [7, 11) is 0. The van der Waals surface area contributed by atoms with E-state index in [-0.39, 0.29) is 11.7 Å². The molecule has 0 aromatic heterocycles. The number of rotatable bonds is 8. The van der Waals surface area contributed by atoms with Crippen molar-refractivity contribution >= 4 is 17.7 Å². The largest absolute Gasteiger partial charge is 0.435 e. The Morgan fingerprint density at radius 1 is 1.09 bits per heavy atom. The van der Waals surface area contributed by atoms with Crippen LogP contribution in [0, 0.1) is 0 Å². The van der Waals surface area contributed by atoms with Gasteiger partial charge in [-0.2, -0.15) is 20.5 Å². The van der Waals surface area contributed by atoms with Gasteiger partial charge >= 0.3 is 6.61 Å². The van der Waals surface area contributed by atoms with Gasteiger partial charge < -0.3 is 10.1 Å². The summed E-state index contributed by atoms with van der Waals surface area (Å²) in [6.07, 6.45) is 0. The van der Waals surface area contributed by atoms with E-state index in [1.807, 2.05) is 18.2 Å². The van der Waals surface area contributed by atoms with Crippen molar-refractivity contribution in [1.82, 2.24) is 5.32 Å². The Bertz CT molecular complexity index is 606. The second-order valence-corrected chi connectivity index (χ2v) is 5.80. The topological polar surface area (TPSA) is 38.3 Å². The number of amides is 1. The van der Waals surface area contributed by atoms with Crippen LogP contribution in [-0.2, 0) is 5.75 Å². The zero-order valence-corrected chi connectivity index (χ0v) is 13.2. The van der Waals surface area contributed by atoms with Crippen molar-refractivity contribution in [2.24, 2.45) is 0 Å². The van der Waals surface area contributed by atoms with Crippen LogP contribution in [0.3, 0.4) is 0 Å². The number of carbonyl (C=O) groups is 1. The zero-order chi connectivity index (χ0) is 16.5. The number of thioether (sulfide) groups is 1. The highest BCUT2D eigenvalue weighted by Crippen LogP contribution is 2.15. The van der Waals surface area contributed by atoms with Gasteiger partial charge in [0.25, 0.3) is 5.91 Å². The number of hydrogen-bond donors (Lipinski definition) is 1. The van der Waals surface area contributed by atoms with Gasteiger partial charge in [-0.05, 0) is 29.8 Å². The van der Waals surface area contributed by atoms with E-state index in [4.69, 9.17) is 0 Å². The number of ether oxygens (including phenoxy) is 1. The van der Waals surface area contributed by atoms with E-state index < -0.39 is 6.61 Å².